The molecule has 15 heavy (non-hydrogen) atoms. The van der Waals surface area contributed by atoms with Crippen LogP contribution in [-0.4, -0.2) is 10.9 Å². The predicted octanol–water partition coefficient (Wildman–Crippen LogP) is 2.34. The molecule has 0 aliphatic rings. The highest BCUT2D eigenvalue weighted by Crippen LogP contribution is 2.18. The van der Waals surface area contributed by atoms with E-state index in [0.29, 0.717) is 0 Å². The van der Waals surface area contributed by atoms with Gasteiger partial charge in [-0.15, -0.1) is 0 Å². The average molecular weight is 214 g/mol. The number of anilines is 1. The van der Waals surface area contributed by atoms with Crippen LogP contribution in [0.3, 0.4) is 0 Å². The lowest BCUT2D eigenvalue weighted by molar-refractivity contribution is -0.123. The number of amides is 1. The van der Waals surface area contributed by atoms with Crippen molar-refractivity contribution in [2.45, 2.75) is 20.8 Å². The monoisotopic (exact) mass is 214 g/mol. The van der Waals surface area contributed by atoms with Crippen LogP contribution in [0.4, 0.5) is 14.5 Å². The fraction of sp³-hybridized carbons (Fsp3) is 0.400. The van der Waals surface area contributed by atoms with Gasteiger partial charge in [-0.05, 0) is 12.1 Å². The maximum Gasteiger partial charge on any atom is 0.239 e. The van der Waals surface area contributed by atoms with Crippen molar-refractivity contribution in [2.24, 2.45) is 5.41 Å². The quantitative estimate of drug-likeness (QED) is 0.729. The van der Waals surface area contributed by atoms with E-state index in [-0.39, 0.29) is 11.6 Å². The van der Waals surface area contributed by atoms with Crippen molar-refractivity contribution in [3.8, 4) is 0 Å². The molecule has 1 heterocycles. The number of nitrogens with zero attached hydrogens (tertiary/aromatic N) is 1. The first-order chi connectivity index (χ1) is 6.80. The van der Waals surface area contributed by atoms with Crippen LogP contribution in [0.5, 0.6) is 0 Å². The van der Waals surface area contributed by atoms with E-state index in [1.807, 2.05) is 0 Å². The minimum absolute atomic E-state index is 0.115. The Labute approximate surface area is 86.5 Å². The molecule has 3 nitrogen and oxygen atoms in total. The highest BCUT2D eigenvalue weighted by Gasteiger charge is 2.22. The summed E-state index contributed by atoms with van der Waals surface area (Å²) in [6.07, 6.45) is 0. The van der Waals surface area contributed by atoms with Crippen LogP contribution in [0.15, 0.2) is 12.1 Å². The van der Waals surface area contributed by atoms with Gasteiger partial charge in [0.25, 0.3) is 0 Å². The van der Waals surface area contributed by atoms with E-state index in [1.54, 1.807) is 20.8 Å². The summed E-state index contributed by atoms with van der Waals surface area (Å²) in [5.74, 6) is -2.29. The summed E-state index contributed by atoms with van der Waals surface area (Å²) in [4.78, 5) is 14.4. The zero-order valence-corrected chi connectivity index (χ0v) is 8.77. The smallest absolute Gasteiger partial charge is 0.239 e. The molecule has 82 valence electrons. The second-order valence-corrected chi connectivity index (χ2v) is 4.18. The number of carbonyl (C=O) groups excluding carboxylic acids is 1. The topological polar surface area (TPSA) is 42.0 Å². The van der Waals surface area contributed by atoms with Crippen LogP contribution in [0.1, 0.15) is 20.8 Å². The Morgan fingerprint density at radius 1 is 1.33 bits per heavy atom. The molecule has 0 atom stereocenters. The maximum absolute atomic E-state index is 13.0. The van der Waals surface area contributed by atoms with Crippen LogP contribution < -0.4 is 5.32 Å². The van der Waals surface area contributed by atoms with E-state index in [9.17, 15) is 13.6 Å². The van der Waals surface area contributed by atoms with Gasteiger partial charge in [-0.2, -0.15) is 13.8 Å². The third kappa shape index (κ3) is 2.97. The van der Waals surface area contributed by atoms with E-state index in [4.69, 9.17) is 0 Å². The van der Waals surface area contributed by atoms with Gasteiger partial charge in [0.05, 0.1) is 5.69 Å². The Kier molecular flexibility index (Phi) is 3.02. The second-order valence-electron chi connectivity index (χ2n) is 4.18. The van der Waals surface area contributed by atoms with Gasteiger partial charge in [-0.1, -0.05) is 20.8 Å². The minimum atomic E-state index is -1.02. The molecule has 0 aliphatic heterocycles. The molecule has 1 N–H and O–H groups in total. The van der Waals surface area contributed by atoms with E-state index in [2.05, 4.69) is 10.3 Å². The van der Waals surface area contributed by atoms with Gasteiger partial charge in [0, 0.05) is 5.41 Å². The number of carbonyl (C=O) groups is 1. The van der Waals surface area contributed by atoms with Gasteiger partial charge in [-0.25, -0.2) is 0 Å². The molecule has 0 aromatic carbocycles. The Balaban J connectivity index is 2.87. The van der Waals surface area contributed by atoms with Gasteiger partial charge in [0.1, 0.15) is 0 Å². The molecule has 0 aliphatic carbocycles. The molecule has 0 saturated carbocycles. The molecule has 5 heteroatoms. The maximum atomic E-state index is 13.0. The van der Waals surface area contributed by atoms with Crippen molar-refractivity contribution in [1.82, 2.24) is 4.98 Å². The Bertz CT molecular complexity index is 385. The second kappa shape index (κ2) is 3.92. The lowest BCUT2D eigenvalue weighted by atomic mass is 9.95. The molecule has 0 spiro atoms. The van der Waals surface area contributed by atoms with Gasteiger partial charge in [0.2, 0.25) is 17.8 Å². The van der Waals surface area contributed by atoms with Crippen LogP contribution in [0.2, 0.25) is 0 Å². The number of aromatic nitrogens is 1. The van der Waals surface area contributed by atoms with Crippen LogP contribution >= 0.6 is 0 Å². The highest BCUT2D eigenvalue weighted by atomic mass is 19.1. The minimum Gasteiger partial charge on any atom is -0.322 e. The first-order valence-electron chi connectivity index (χ1n) is 4.44. The van der Waals surface area contributed by atoms with Gasteiger partial charge in [-0.3, -0.25) is 4.79 Å². The largest absolute Gasteiger partial charge is 0.322 e. The summed E-state index contributed by atoms with van der Waals surface area (Å²) in [6, 6.07) is 2.13. The molecule has 1 aromatic heterocycles. The number of hydrogen-bond donors (Lipinski definition) is 1. The van der Waals surface area contributed by atoms with E-state index < -0.39 is 17.3 Å². The van der Waals surface area contributed by atoms with Crippen molar-refractivity contribution in [2.75, 3.05) is 5.32 Å². The van der Waals surface area contributed by atoms with Crippen molar-refractivity contribution in [1.29, 1.82) is 0 Å². The SMILES string of the molecule is CC(C)(C)C(=O)Nc1ccc(F)nc1F. The molecular formula is C10H12F2N2O. The van der Waals surface area contributed by atoms with Crippen LogP contribution in [-0.2, 0) is 4.79 Å². The third-order valence-corrected chi connectivity index (χ3v) is 1.74. The summed E-state index contributed by atoms with van der Waals surface area (Å²) in [7, 11) is 0. The Hall–Kier alpha value is -1.52. The van der Waals surface area contributed by atoms with Crippen molar-refractivity contribution >= 4 is 11.6 Å². The zero-order chi connectivity index (χ0) is 11.6. The summed E-state index contributed by atoms with van der Waals surface area (Å²) in [5, 5.41) is 2.33. The van der Waals surface area contributed by atoms with Crippen molar-refractivity contribution in [3.63, 3.8) is 0 Å². The average Bonchev–Trinajstić information content (AvgIpc) is 2.08. The van der Waals surface area contributed by atoms with Crippen molar-refractivity contribution in [3.05, 3.63) is 24.0 Å². The highest BCUT2D eigenvalue weighted by molar-refractivity contribution is 5.94. The van der Waals surface area contributed by atoms with Crippen molar-refractivity contribution < 1.29 is 13.6 Å². The molecule has 1 rings (SSSR count). The molecule has 1 aromatic rings. The molecule has 0 radical (unpaired) electrons. The van der Waals surface area contributed by atoms with Gasteiger partial charge < -0.3 is 5.32 Å². The molecule has 0 unspecified atom stereocenters. The number of nitrogens with one attached hydrogen (secondary N) is 1. The fourth-order valence-corrected chi connectivity index (χ4v) is 0.815. The molecule has 0 fully saturated rings. The number of halogens is 2. The molecule has 0 bridgehead atoms. The Morgan fingerprint density at radius 3 is 2.40 bits per heavy atom. The Morgan fingerprint density at radius 2 is 1.93 bits per heavy atom. The van der Waals surface area contributed by atoms with Crippen LogP contribution in [0.25, 0.3) is 0 Å². The normalized spacial score (nSPS) is 11.3. The first kappa shape index (κ1) is 11.6. The molecule has 0 saturated heterocycles. The summed E-state index contributed by atoms with van der Waals surface area (Å²) in [5.41, 5.74) is -0.753. The van der Waals surface area contributed by atoms with Crippen LogP contribution in [0, 0.1) is 17.3 Å². The summed E-state index contributed by atoms with van der Waals surface area (Å²) < 4.78 is 25.5. The number of rotatable bonds is 1. The lowest BCUT2D eigenvalue weighted by Crippen LogP contribution is -2.28. The van der Waals surface area contributed by atoms with E-state index >= 15 is 0 Å². The molecular weight excluding hydrogens is 202 g/mol. The lowest BCUT2D eigenvalue weighted by Gasteiger charge is -2.17. The fourth-order valence-electron chi connectivity index (χ4n) is 0.815. The third-order valence-electron chi connectivity index (χ3n) is 1.74. The van der Waals surface area contributed by atoms with Gasteiger partial charge in [0.15, 0.2) is 0 Å². The molecule has 1 amide bonds. The standard InChI is InChI=1S/C10H12F2N2O/c1-10(2,3)9(15)13-6-4-5-7(11)14-8(6)12/h4-5H,1-3H3,(H,13,15). The number of hydrogen-bond acceptors (Lipinski definition) is 2. The first-order valence-corrected chi connectivity index (χ1v) is 4.44. The van der Waals surface area contributed by atoms with Gasteiger partial charge >= 0.3 is 0 Å². The van der Waals surface area contributed by atoms with E-state index in [0.717, 1.165) is 12.1 Å². The summed E-state index contributed by atoms with van der Waals surface area (Å²) >= 11 is 0. The van der Waals surface area contributed by atoms with E-state index in [1.165, 1.54) is 0 Å². The zero-order valence-electron chi connectivity index (χ0n) is 8.77. The number of pyridine rings is 1. The predicted molar refractivity (Wildman–Crippen MR) is 52.2 cm³/mol. The summed E-state index contributed by atoms with van der Waals surface area (Å²) in [6.45, 7) is 5.07.